The quantitative estimate of drug-likeness (QED) is 0.860. The fourth-order valence-corrected chi connectivity index (χ4v) is 4.14. The van der Waals surface area contributed by atoms with Gasteiger partial charge in [-0.05, 0) is 18.9 Å². The summed E-state index contributed by atoms with van der Waals surface area (Å²) >= 11 is 0.911. The summed E-state index contributed by atoms with van der Waals surface area (Å²) in [6, 6.07) is 1.04. The van der Waals surface area contributed by atoms with Crippen molar-refractivity contribution >= 4 is 27.3 Å². The van der Waals surface area contributed by atoms with E-state index < -0.39 is 16.0 Å². The number of carboxylic acid groups (broad SMARTS) is 1. The average Bonchev–Trinajstić information content (AvgIpc) is 2.79. The summed E-state index contributed by atoms with van der Waals surface area (Å²) in [6.45, 7) is 1.08. The third-order valence-corrected chi connectivity index (χ3v) is 5.59. The van der Waals surface area contributed by atoms with Gasteiger partial charge in [0.2, 0.25) is 10.0 Å². The van der Waals surface area contributed by atoms with Crippen LogP contribution in [0, 0.1) is 0 Å². The Hall–Kier alpha value is -0.960. The number of thiophene rings is 1. The van der Waals surface area contributed by atoms with Gasteiger partial charge in [-0.3, -0.25) is 0 Å². The molecule has 0 aromatic carbocycles. The predicted octanol–water partition coefficient (Wildman–Crippen LogP) is 0.904. The van der Waals surface area contributed by atoms with E-state index in [1.165, 1.54) is 11.4 Å². The summed E-state index contributed by atoms with van der Waals surface area (Å²) < 4.78 is 31.8. The van der Waals surface area contributed by atoms with E-state index in [1.807, 2.05) is 0 Å². The highest BCUT2D eigenvalue weighted by Gasteiger charge is 2.24. The summed E-state index contributed by atoms with van der Waals surface area (Å²) in [5, 5.41) is 10.1. The van der Waals surface area contributed by atoms with Gasteiger partial charge < -0.3 is 9.84 Å². The number of sulfonamides is 1. The largest absolute Gasteiger partial charge is 0.478 e. The minimum absolute atomic E-state index is 0.00708. The van der Waals surface area contributed by atoms with E-state index in [2.05, 4.69) is 4.72 Å². The highest BCUT2D eigenvalue weighted by molar-refractivity contribution is 7.91. The van der Waals surface area contributed by atoms with Gasteiger partial charge in [0, 0.05) is 24.6 Å². The van der Waals surface area contributed by atoms with Crippen LogP contribution in [0.15, 0.2) is 15.7 Å². The molecule has 6 nitrogen and oxygen atoms in total. The van der Waals surface area contributed by atoms with Gasteiger partial charge in [-0.2, -0.15) is 0 Å². The number of carboxylic acids is 1. The Balaban J connectivity index is 2.11. The second kappa shape index (κ2) is 5.35. The molecule has 8 heteroatoms. The van der Waals surface area contributed by atoms with Crippen molar-refractivity contribution in [2.45, 2.75) is 23.1 Å². The molecule has 100 valence electrons. The lowest BCUT2D eigenvalue weighted by Crippen LogP contribution is -2.38. The van der Waals surface area contributed by atoms with Gasteiger partial charge in [-0.1, -0.05) is 0 Å². The number of aromatic carboxylic acids is 1. The van der Waals surface area contributed by atoms with Gasteiger partial charge in [-0.15, -0.1) is 11.3 Å². The molecule has 0 radical (unpaired) electrons. The molecular formula is C10H13NO5S2. The SMILES string of the molecule is O=C(O)c1csc(S(=O)(=O)NC2CCOCC2)c1. The molecule has 1 aliphatic rings. The minimum atomic E-state index is -3.62. The zero-order valence-electron chi connectivity index (χ0n) is 9.46. The Morgan fingerprint density at radius 1 is 1.44 bits per heavy atom. The molecule has 2 heterocycles. The molecule has 0 aliphatic carbocycles. The van der Waals surface area contributed by atoms with Crippen LogP contribution in [0.4, 0.5) is 0 Å². The first-order valence-corrected chi connectivity index (χ1v) is 7.77. The molecule has 2 N–H and O–H groups in total. The molecule has 0 bridgehead atoms. The van der Waals surface area contributed by atoms with Crippen LogP contribution in [0.3, 0.4) is 0 Å². The van der Waals surface area contributed by atoms with E-state index in [1.54, 1.807) is 0 Å². The van der Waals surface area contributed by atoms with E-state index in [-0.39, 0.29) is 15.8 Å². The zero-order chi connectivity index (χ0) is 13.2. The molecule has 0 unspecified atom stereocenters. The summed E-state index contributed by atoms with van der Waals surface area (Å²) in [4.78, 5) is 10.7. The number of carbonyl (C=O) groups is 1. The number of nitrogens with one attached hydrogen (secondary N) is 1. The van der Waals surface area contributed by atoms with Crippen LogP contribution in [-0.4, -0.2) is 38.7 Å². The molecule has 1 aromatic heterocycles. The fourth-order valence-electron chi connectivity index (χ4n) is 1.66. The second-order valence-corrected chi connectivity index (χ2v) is 6.82. The van der Waals surface area contributed by atoms with Crippen molar-refractivity contribution in [1.82, 2.24) is 4.72 Å². The molecular weight excluding hydrogens is 278 g/mol. The van der Waals surface area contributed by atoms with E-state index >= 15 is 0 Å². The highest BCUT2D eigenvalue weighted by atomic mass is 32.2. The van der Waals surface area contributed by atoms with Gasteiger partial charge in [0.15, 0.2) is 0 Å². The number of hydrogen-bond acceptors (Lipinski definition) is 5. The number of hydrogen-bond donors (Lipinski definition) is 2. The maximum Gasteiger partial charge on any atom is 0.336 e. The summed E-state index contributed by atoms with van der Waals surface area (Å²) in [5.41, 5.74) is -0.00708. The van der Waals surface area contributed by atoms with Gasteiger partial charge in [0.05, 0.1) is 5.56 Å². The molecule has 0 atom stereocenters. The molecule has 0 saturated carbocycles. The molecule has 0 spiro atoms. The van der Waals surface area contributed by atoms with Crippen LogP contribution in [-0.2, 0) is 14.8 Å². The Bertz CT molecular complexity index is 530. The maximum absolute atomic E-state index is 12.0. The predicted molar refractivity (Wildman–Crippen MR) is 65.4 cm³/mol. The maximum atomic E-state index is 12.0. The molecule has 1 saturated heterocycles. The minimum Gasteiger partial charge on any atom is -0.478 e. The smallest absolute Gasteiger partial charge is 0.336 e. The van der Waals surface area contributed by atoms with E-state index in [9.17, 15) is 13.2 Å². The first kappa shape index (κ1) is 13.5. The molecule has 2 rings (SSSR count). The third kappa shape index (κ3) is 3.08. The van der Waals surface area contributed by atoms with Crippen molar-refractivity contribution in [2.24, 2.45) is 0 Å². The fraction of sp³-hybridized carbons (Fsp3) is 0.500. The molecule has 1 aromatic rings. The van der Waals surface area contributed by atoms with Crippen LogP contribution in [0.25, 0.3) is 0 Å². The van der Waals surface area contributed by atoms with E-state index in [4.69, 9.17) is 9.84 Å². The van der Waals surface area contributed by atoms with Gasteiger partial charge >= 0.3 is 5.97 Å². The average molecular weight is 291 g/mol. The van der Waals surface area contributed by atoms with Crippen LogP contribution >= 0.6 is 11.3 Å². The lowest BCUT2D eigenvalue weighted by atomic mass is 10.1. The van der Waals surface area contributed by atoms with Crippen molar-refractivity contribution in [1.29, 1.82) is 0 Å². The van der Waals surface area contributed by atoms with Crippen molar-refractivity contribution in [3.63, 3.8) is 0 Å². The van der Waals surface area contributed by atoms with Crippen LogP contribution in [0.2, 0.25) is 0 Å². The topological polar surface area (TPSA) is 92.7 Å². The van der Waals surface area contributed by atoms with Gasteiger partial charge in [0.1, 0.15) is 4.21 Å². The van der Waals surface area contributed by atoms with Crippen molar-refractivity contribution < 1.29 is 23.1 Å². The van der Waals surface area contributed by atoms with Gasteiger partial charge in [-0.25, -0.2) is 17.9 Å². The first-order valence-electron chi connectivity index (χ1n) is 5.41. The number of rotatable bonds is 4. The van der Waals surface area contributed by atoms with Crippen molar-refractivity contribution in [3.05, 3.63) is 17.0 Å². The van der Waals surface area contributed by atoms with Gasteiger partial charge in [0.25, 0.3) is 0 Å². The molecule has 0 amide bonds. The lowest BCUT2D eigenvalue weighted by Gasteiger charge is -2.22. The van der Waals surface area contributed by atoms with Crippen LogP contribution in [0.1, 0.15) is 23.2 Å². The Morgan fingerprint density at radius 3 is 2.67 bits per heavy atom. The molecule has 1 fully saturated rings. The summed E-state index contributed by atoms with van der Waals surface area (Å²) in [5.74, 6) is -1.13. The Morgan fingerprint density at radius 2 is 2.11 bits per heavy atom. The second-order valence-electron chi connectivity index (χ2n) is 3.97. The normalized spacial score (nSPS) is 17.8. The molecule has 18 heavy (non-hydrogen) atoms. The van der Waals surface area contributed by atoms with E-state index in [0.29, 0.717) is 26.1 Å². The van der Waals surface area contributed by atoms with Crippen LogP contribution < -0.4 is 4.72 Å². The zero-order valence-corrected chi connectivity index (χ0v) is 11.1. The standard InChI is InChI=1S/C10H13NO5S2/c12-10(13)7-5-9(17-6-7)18(14,15)11-8-1-3-16-4-2-8/h5-6,8,11H,1-4H2,(H,12,13). The summed E-state index contributed by atoms with van der Waals surface area (Å²) in [6.07, 6.45) is 1.27. The van der Waals surface area contributed by atoms with Crippen molar-refractivity contribution in [3.8, 4) is 0 Å². The van der Waals surface area contributed by atoms with E-state index in [0.717, 1.165) is 11.3 Å². The van der Waals surface area contributed by atoms with Crippen LogP contribution in [0.5, 0.6) is 0 Å². The van der Waals surface area contributed by atoms with Crippen molar-refractivity contribution in [2.75, 3.05) is 13.2 Å². The monoisotopic (exact) mass is 291 g/mol. The first-order chi connectivity index (χ1) is 8.49. The Kier molecular flexibility index (Phi) is 4.00. The Labute approximate surface area is 109 Å². The molecule has 1 aliphatic heterocycles. The number of ether oxygens (including phenoxy) is 1. The highest BCUT2D eigenvalue weighted by Crippen LogP contribution is 2.21. The summed E-state index contributed by atoms with van der Waals surface area (Å²) in [7, 11) is -3.62. The lowest BCUT2D eigenvalue weighted by molar-refractivity contribution is 0.0697. The third-order valence-electron chi connectivity index (χ3n) is 2.63.